The van der Waals surface area contributed by atoms with Gasteiger partial charge in [-0.15, -0.1) is 0 Å². The average Bonchev–Trinajstić information content (AvgIpc) is 2.66. The molecule has 0 fully saturated rings. The van der Waals surface area contributed by atoms with Crippen molar-refractivity contribution in [3.8, 4) is 5.75 Å². The Morgan fingerprint density at radius 2 is 1.76 bits per heavy atom. The highest BCUT2D eigenvalue weighted by Crippen LogP contribution is 2.09. The van der Waals surface area contributed by atoms with E-state index in [0.717, 1.165) is 16.9 Å². The number of ether oxygens (including phenoxy) is 1. The molecular weight excluding hydrogens is 320 g/mol. The molecule has 130 valence electrons. The Kier molecular flexibility index (Phi) is 6.99. The Bertz CT molecular complexity index is 715. The van der Waals surface area contributed by atoms with Crippen molar-refractivity contribution in [2.24, 2.45) is 5.10 Å². The van der Waals surface area contributed by atoms with Gasteiger partial charge in [0.1, 0.15) is 12.3 Å². The second kappa shape index (κ2) is 9.71. The molecule has 0 spiro atoms. The van der Waals surface area contributed by atoms with Crippen molar-refractivity contribution in [1.29, 1.82) is 0 Å². The first-order chi connectivity index (χ1) is 12.2. The Balaban J connectivity index is 1.65. The monoisotopic (exact) mass is 340 g/mol. The summed E-state index contributed by atoms with van der Waals surface area (Å²) in [6, 6.07) is 16.3. The van der Waals surface area contributed by atoms with Crippen molar-refractivity contribution in [3.05, 3.63) is 65.7 Å². The summed E-state index contributed by atoms with van der Waals surface area (Å²) in [5.74, 6) is 0.325. The number of nitrogens with one attached hydrogen (secondary N) is 3. The molecule has 0 aromatic heterocycles. The lowest BCUT2D eigenvalue weighted by Gasteiger charge is -2.06. The summed E-state index contributed by atoms with van der Waals surface area (Å²) in [5, 5.41) is 8.96. The molecule has 0 heterocycles. The van der Waals surface area contributed by atoms with Crippen molar-refractivity contribution < 1.29 is 14.3 Å². The smallest absolute Gasteiger partial charge is 0.315 e. The maximum absolute atomic E-state index is 11.6. The molecule has 2 aromatic carbocycles. The van der Waals surface area contributed by atoms with Gasteiger partial charge in [0.2, 0.25) is 0 Å². The van der Waals surface area contributed by atoms with Gasteiger partial charge in [-0.1, -0.05) is 30.3 Å². The maximum Gasteiger partial charge on any atom is 0.315 e. The molecule has 0 aliphatic rings. The number of methoxy groups -OCH3 is 1. The first-order valence-corrected chi connectivity index (χ1v) is 7.69. The number of carbonyl (C=O) groups excluding carboxylic acids is 2. The minimum Gasteiger partial charge on any atom is -0.497 e. The van der Waals surface area contributed by atoms with E-state index in [1.807, 2.05) is 42.5 Å². The topological polar surface area (TPSA) is 91.8 Å². The van der Waals surface area contributed by atoms with Crippen LogP contribution in [0.15, 0.2) is 59.7 Å². The molecule has 2 aromatic rings. The molecule has 0 aliphatic heterocycles. The summed E-state index contributed by atoms with van der Waals surface area (Å²) in [4.78, 5) is 23.2. The number of benzene rings is 2. The van der Waals surface area contributed by atoms with Gasteiger partial charge in [0.05, 0.1) is 13.3 Å². The summed E-state index contributed by atoms with van der Waals surface area (Å²) in [5.41, 5.74) is 4.14. The molecule has 7 nitrogen and oxygen atoms in total. The molecule has 3 N–H and O–H groups in total. The van der Waals surface area contributed by atoms with Gasteiger partial charge in [-0.05, 0) is 35.4 Å². The Hall–Kier alpha value is -3.35. The fraction of sp³-hybridized carbons (Fsp3) is 0.167. The van der Waals surface area contributed by atoms with Crippen molar-refractivity contribution in [2.45, 2.75) is 6.54 Å². The quantitative estimate of drug-likeness (QED) is 0.528. The molecule has 25 heavy (non-hydrogen) atoms. The van der Waals surface area contributed by atoms with Gasteiger partial charge in [-0.2, -0.15) is 5.10 Å². The number of rotatable bonds is 7. The number of hydrogen-bond donors (Lipinski definition) is 3. The van der Waals surface area contributed by atoms with Crippen LogP contribution in [-0.4, -0.2) is 31.8 Å². The number of hydrazone groups is 1. The Morgan fingerprint density at radius 1 is 1.04 bits per heavy atom. The number of nitrogens with zero attached hydrogens (tertiary/aromatic N) is 1. The average molecular weight is 340 g/mol. The second-order valence-electron chi connectivity index (χ2n) is 5.09. The zero-order valence-corrected chi connectivity index (χ0v) is 13.9. The third kappa shape index (κ3) is 6.74. The molecule has 0 saturated carbocycles. The molecule has 0 aliphatic carbocycles. The van der Waals surface area contributed by atoms with Gasteiger partial charge in [0.15, 0.2) is 0 Å². The zero-order chi connectivity index (χ0) is 17.9. The lowest BCUT2D eigenvalue weighted by atomic mass is 10.2. The van der Waals surface area contributed by atoms with Crippen molar-refractivity contribution in [2.75, 3.05) is 13.7 Å². The molecule has 0 atom stereocenters. The molecule has 7 heteroatoms. The van der Waals surface area contributed by atoms with Gasteiger partial charge in [-0.25, -0.2) is 10.2 Å². The predicted octanol–water partition coefficient (Wildman–Crippen LogP) is 1.64. The highest BCUT2D eigenvalue weighted by atomic mass is 16.5. The third-order valence-electron chi connectivity index (χ3n) is 3.22. The summed E-state index contributed by atoms with van der Waals surface area (Å²) in [6.07, 6.45) is 1.51. The van der Waals surface area contributed by atoms with Crippen LogP contribution < -0.4 is 20.8 Å². The van der Waals surface area contributed by atoms with Crippen LogP contribution in [0.1, 0.15) is 11.1 Å². The van der Waals surface area contributed by atoms with Crippen molar-refractivity contribution in [1.82, 2.24) is 16.1 Å². The van der Waals surface area contributed by atoms with E-state index in [4.69, 9.17) is 4.74 Å². The van der Waals surface area contributed by atoms with Crippen LogP contribution in [0.4, 0.5) is 4.79 Å². The Morgan fingerprint density at radius 3 is 2.44 bits per heavy atom. The highest BCUT2D eigenvalue weighted by Gasteiger charge is 2.04. The molecule has 0 unspecified atom stereocenters. The minimum absolute atomic E-state index is 0.166. The summed E-state index contributed by atoms with van der Waals surface area (Å²) < 4.78 is 5.05. The fourth-order valence-electron chi connectivity index (χ4n) is 1.91. The maximum atomic E-state index is 11.6. The Labute approximate surface area is 146 Å². The second-order valence-corrected chi connectivity index (χ2v) is 5.09. The lowest BCUT2D eigenvalue weighted by Crippen LogP contribution is -2.40. The molecule has 0 bridgehead atoms. The molecule has 2 rings (SSSR count). The highest BCUT2D eigenvalue weighted by molar-refractivity contribution is 5.85. The lowest BCUT2D eigenvalue weighted by molar-refractivity contribution is -0.120. The predicted molar refractivity (Wildman–Crippen MR) is 95.4 cm³/mol. The third-order valence-corrected chi connectivity index (χ3v) is 3.22. The molecular formula is C18H20N4O3. The van der Waals surface area contributed by atoms with Crippen LogP contribution in [0.3, 0.4) is 0 Å². The van der Waals surface area contributed by atoms with Crippen molar-refractivity contribution >= 4 is 18.2 Å². The largest absolute Gasteiger partial charge is 0.497 e. The SMILES string of the molecule is COc1ccc(/C=N/NC(=O)CNC(=O)NCc2ccccc2)cc1. The van der Waals surface area contributed by atoms with E-state index in [-0.39, 0.29) is 6.54 Å². The van der Waals surface area contributed by atoms with E-state index < -0.39 is 11.9 Å². The fourth-order valence-corrected chi connectivity index (χ4v) is 1.91. The summed E-state index contributed by atoms with van der Waals surface area (Å²) in [7, 11) is 1.59. The van der Waals surface area contributed by atoms with Crippen LogP contribution in [0.25, 0.3) is 0 Å². The van der Waals surface area contributed by atoms with Crippen LogP contribution >= 0.6 is 0 Å². The van der Waals surface area contributed by atoms with Gasteiger partial charge < -0.3 is 15.4 Å². The van der Waals surface area contributed by atoms with Crippen LogP contribution in [-0.2, 0) is 11.3 Å². The standard InChI is InChI=1S/C18H20N4O3/c1-25-16-9-7-15(8-10-16)12-21-22-17(23)13-20-18(24)19-11-14-5-3-2-4-6-14/h2-10,12H,11,13H2,1H3,(H,22,23)(H2,19,20,24)/b21-12+. The normalized spacial score (nSPS) is 10.3. The minimum atomic E-state index is -0.418. The summed E-state index contributed by atoms with van der Waals surface area (Å²) in [6.45, 7) is 0.227. The first-order valence-electron chi connectivity index (χ1n) is 7.69. The number of urea groups is 1. The van der Waals surface area contributed by atoms with E-state index in [0.29, 0.717) is 6.54 Å². The van der Waals surface area contributed by atoms with Crippen LogP contribution in [0.2, 0.25) is 0 Å². The number of carbonyl (C=O) groups is 2. The van der Waals surface area contributed by atoms with Gasteiger partial charge in [0, 0.05) is 6.54 Å². The van der Waals surface area contributed by atoms with E-state index in [1.54, 1.807) is 19.2 Å². The number of amides is 3. The first kappa shape index (κ1) is 18.0. The van der Waals surface area contributed by atoms with E-state index >= 15 is 0 Å². The van der Waals surface area contributed by atoms with Crippen LogP contribution in [0.5, 0.6) is 5.75 Å². The molecule has 3 amide bonds. The van der Waals surface area contributed by atoms with E-state index in [2.05, 4.69) is 21.2 Å². The van der Waals surface area contributed by atoms with Crippen molar-refractivity contribution in [3.63, 3.8) is 0 Å². The zero-order valence-electron chi connectivity index (χ0n) is 13.9. The van der Waals surface area contributed by atoms with Gasteiger partial charge in [-0.3, -0.25) is 4.79 Å². The van der Waals surface area contributed by atoms with Gasteiger partial charge >= 0.3 is 6.03 Å². The molecule has 0 radical (unpaired) electrons. The molecule has 0 saturated heterocycles. The van der Waals surface area contributed by atoms with E-state index in [9.17, 15) is 9.59 Å². The van der Waals surface area contributed by atoms with Crippen LogP contribution in [0, 0.1) is 0 Å². The van der Waals surface area contributed by atoms with Gasteiger partial charge in [0.25, 0.3) is 5.91 Å². The summed E-state index contributed by atoms with van der Waals surface area (Å²) >= 11 is 0. The van der Waals surface area contributed by atoms with E-state index in [1.165, 1.54) is 6.21 Å². The number of hydrogen-bond acceptors (Lipinski definition) is 4.